The van der Waals surface area contributed by atoms with Gasteiger partial charge in [0.2, 0.25) is 12.3 Å². The van der Waals surface area contributed by atoms with E-state index >= 15 is 0 Å². The second-order valence-corrected chi connectivity index (χ2v) is 10.1. The van der Waals surface area contributed by atoms with E-state index in [9.17, 15) is 9.59 Å². The summed E-state index contributed by atoms with van der Waals surface area (Å²) < 4.78 is 0. The summed E-state index contributed by atoms with van der Waals surface area (Å²) >= 11 is 0. The summed E-state index contributed by atoms with van der Waals surface area (Å²) in [5, 5.41) is 2.86. The molecule has 1 heterocycles. The maximum absolute atomic E-state index is 11.4. The standard InChI is InChI=1S/C15H21N.C13H17NO.C5H11NO.C2H6/c1-4-6-8-14(5-2)11-13(3)15-9-7-10-16-12-15;1-2-14-13(15)9-10-7-11-5-3-4-6-12(11)8-10;1-5(2)6(3)4-7;1-2/h5-10,12-13H,4,11H2,1-3H3;3-6,10H,2,7-9H2,1H3,(H,14,15);4-5H,1-3H3;1-2H3/b8-6-,14-5+;;;. The summed E-state index contributed by atoms with van der Waals surface area (Å²) in [5.74, 6) is 1.23. The molecule has 0 saturated carbocycles. The van der Waals surface area contributed by atoms with E-state index in [1.807, 2.05) is 53.1 Å². The van der Waals surface area contributed by atoms with Crippen LogP contribution in [0.5, 0.6) is 0 Å². The highest BCUT2D eigenvalue weighted by atomic mass is 16.1. The number of fused-ring (bicyclic) bond motifs is 1. The molecule has 1 aromatic carbocycles. The van der Waals surface area contributed by atoms with E-state index in [0.717, 1.165) is 38.6 Å². The molecule has 1 aliphatic carbocycles. The molecule has 2 aromatic rings. The topological polar surface area (TPSA) is 62.3 Å². The molecule has 222 valence electrons. The van der Waals surface area contributed by atoms with E-state index in [2.05, 4.69) is 79.6 Å². The monoisotopic (exact) mass is 549 g/mol. The van der Waals surface area contributed by atoms with Crippen LogP contribution in [0.15, 0.2) is 72.6 Å². The van der Waals surface area contributed by atoms with Gasteiger partial charge in [-0.15, -0.1) is 0 Å². The van der Waals surface area contributed by atoms with Crippen molar-refractivity contribution in [1.82, 2.24) is 15.2 Å². The Hall–Kier alpha value is -3.21. The molecule has 40 heavy (non-hydrogen) atoms. The minimum Gasteiger partial charge on any atom is -0.356 e. The quantitative estimate of drug-likeness (QED) is 0.242. The van der Waals surface area contributed by atoms with Crippen LogP contribution in [0.4, 0.5) is 0 Å². The van der Waals surface area contributed by atoms with Crippen molar-refractivity contribution in [3.63, 3.8) is 0 Å². The van der Waals surface area contributed by atoms with Crippen LogP contribution in [-0.4, -0.2) is 41.8 Å². The second kappa shape index (κ2) is 22.6. The first-order valence-corrected chi connectivity index (χ1v) is 15.0. The van der Waals surface area contributed by atoms with Crippen molar-refractivity contribution in [3.8, 4) is 0 Å². The van der Waals surface area contributed by atoms with Gasteiger partial charge in [0, 0.05) is 38.4 Å². The third-order valence-corrected chi connectivity index (χ3v) is 6.70. The molecule has 0 aliphatic heterocycles. The molecule has 5 nitrogen and oxygen atoms in total. The molecular formula is C35H55N3O2. The zero-order valence-electron chi connectivity index (χ0n) is 26.6. The lowest BCUT2D eigenvalue weighted by atomic mass is 9.94. The SMILES string of the molecule is C/C=C(\C=C/CC)CC(C)c1cccnc1.CC.CC(C)N(C)C=O.CCNC(=O)CC1Cc2ccccc2C1. The maximum atomic E-state index is 11.4. The van der Waals surface area contributed by atoms with Gasteiger partial charge in [-0.3, -0.25) is 14.6 Å². The van der Waals surface area contributed by atoms with Crippen LogP contribution in [0, 0.1) is 5.92 Å². The van der Waals surface area contributed by atoms with Gasteiger partial charge < -0.3 is 10.2 Å². The molecule has 0 bridgehead atoms. The van der Waals surface area contributed by atoms with Crippen LogP contribution in [0.1, 0.15) is 97.3 Å². The number of amides is 2. The Morgan fingerprint density at radius 3 is 2.12 bits per heavy atom. The first-order chi connectivity index (χ1) is 19.2. The Labute approximate surface area is 245 Å². The maximum Gasteiger partial charge on any atom is 0.220 e. The molecule has 2 amide bonds. The Morgan fingerprint density at radius 2 is 1.70 bits per heavy atom. The van der Waals surface area contributed by atoms with Crippen LogP contribution in [0.2, 0.25) is 0 Å². The van der Waals surface area contributed by atoms with Gasteiger partial charge in [-0.2, -0.15) is 0 Å². The fourth-order valence-electron chi connectivity index (χ4n) is 4.14. The third kappa shape index (κ3) is 15.4. The fourth-order valence-corrected chi connectivity index (χ4v) is 4.14. The van der Waals surface area contributed by atoms with Gasteiger partial charge in [0.1, 0.15) is 0 Å². The van der Waals surface area contributed by atoms with Gasteiger partial charge in [0.15, 0.2) is 0 Å². The molecule has 0 saturated heterocycles. The summed E-state index contributed by atoms with van der Waals surface area (Å²) in [4.78, 5) is 27.1. The molecule has 0 radical (unpaired) electrons. The number of carbonyl (C=O) groups excluding carboxylic acids is 2. The highest BCUT2D eigenvalue weighted by Crippen LogP contribution is 2.28. The van der Waals surface area contributed by atoms with E-state index in [0.29, 0.717) is 24.3 Å². The smallest absolute Gasteiger partial charge is 0.220 e. The fraction of sp³-hybridized carbons (Fsp3) is 0.514. The minimum atomic E-state index is 0.190. The van der Waals surface area contributed by atoms with Crippen molar-refractivity contribution in [2.75, 3.05) is 13.6 Å². The molecular weight excluding hydrogens is 494 g/mol. The minimum absolute atomic E-state index is 0.190. The molecule has 0 spiro atoms. The van der Waals surface area contributed by atoms with Gasteiger partial charge in [-0.25, -0.2) is 0 Å². The zero-order chi connectivity index (χ0) is 30.3. The molecule has 1 aromatic heterocycles. The van der Waals surface area contributed by atoms with Gasteiger partial charge in [-0.1, -0.05) is 81.8 Å². The van der Waals surface area contributed by atoms with Crippen LogP contribution < -0.4 is 5.32 Å². The van der Waals surface area contributed by atoms with Gasteiger partial charge in [-0.05, 0) is 88.0 Å². The van der Waals surface area contributed by atoms with Gasteiger partial charge in [0.25, 0.3) is 0 Å². The van der Waals surface area contributed by atoms with E-state index in [4.69, 9.17) is 0 Å². The number of benzene rings is 1. The van der Waals surface area contributed by atoms with Crippen molar-refractivity contribution in [3.05, 3.63) is 89.3 Å². The van der Waals surface area contributed by atoms with Crippen LogP contribution in [0.3, 0.4) is 0 Å². The molecule has 0 fully saturated rings. The number of hydrogen-bond acceptors (Lipinski definition) is 3. The molecule has 1 aliphatic rings. The first kappa shape index (κ1) is 36.8. The van der Waals surface area contributed by atoms with Gasteiger partial charge >= 0.3 is 0 Å². The van der Waals surface area contributed by atoms with E-state index in [1.165, 1.54) is 22.3 Å². The average Bonchev–Trinajstić information content (AvgIpc) is 3.39. The first-order valence-electron chi connectivity index (χ1n) is 15.0. The van der Waals surface area contributed by atoms with Crippen LogP contribution in [0.25, 0.3) is 0 Å². The molecule has 5 heteroatoms. The number of aromatic nitrogens is 1. The molecule has 1 N–H and O–H groups in total. The number of rotatable bonds is 10. The zero-order valence-corrected chi connectivity index (χ0v) is 26.6. The number of allylic oxidation sites excluding steroid dienone is 4. The summed E-state index contributed by atoms with van der Waals surface area (Å²) in [6, 6.07) is 13.0. The normalized spacial score (nSPS) is 13.1. The highest BCUT2D eigenvalue weighted by Gasteiger charge is 2.22. The predicted molar refractivity (Wildman–Crippen MR) is 171 cm³/mol. The molecule has 1 unspecified atom stereocenters. The van der Waals surface area contributed by atoms with E-state index in [-0.39, 0.29) is 5.91 Å². The number of nitrogens with one attached hydrogen (secondary N) is 1. The third-order valence-electron chi connectivity index (χ3n) is 6.70. The van der Waals surface area contributed by atoms with E-state index in [1.54, 1.807) is 11.9 Å². The molecule has 3 rings (SSSR count). The summed E-state index contributed by atoms with van der Waals surface area (Å²) in [5.41, 5.74) is 5.56. The van der Waals surface area contributed by atoms with Crippen molar-refractivity contribution >= 4 is 12.3 Å². The predicted octanol–water partition coefficient (Wildman–Crippen LogP) is 7.92. The van der Waals surface area contributed by atoms with Crippen molar-refractivity contribution in [2.24, 2.45) is 5.92 Å². The van der Waals surface area contributed by atoms with Crippen molar-refractivity contribution in [2.45, 2.75) is 99.5 Å². The van der Waals surface area contributed by atoms with Crippen LogP contribution in [-0.2, 0) is 22.4 Å². The lowest BCUT2D eigenvalue weighted by Crippen LogP contribution is -2.25. The Balaban J connectivity index is 0.000000591. The number of nitrogens with zero attached hydrogens (tertiary/aromatic N) is 2. The number of hydrogen-bond donors (Lipinski definition) is 1. The Morgan fingerprint density at radius 1 is 1.07 bits per heavy atom. The number of pyridine rings is 1. The number of carbonyl (C=O) groups is 2. The summed E-state index contributed by atoms with van der Waals surface area (Å²) in [6.07, 6.45) is 16.2. The summed E-state index contributed by atoms with van der Waals surface area (Å²) in [7, 11) is 1.76. The van der Waals surface area contributed by atoms with Crippen LogP contribution >= 0.6 is 0 Å². The molecule has 1 atom stereocenters. The lowest BCUT2D eigenvalue weighted by Gasteiger charge is -2.13. The Bertz CT molecular complexity index is 974. The van der Waals surface area contributed by atoms with Crippen molar-refractivity contribution in [1.29, 1.82) is 0 Å². The largest absolute Gasteiger partial charge is 0.356 e. The second-order valence-electron chi connectivity index (χ2n) is 10.1. The van der Waals surface area contributed by atoms with E-state index < -0.39 is 0 Å². The van der Waals surface area contributed by atoms with Crippen molar-refractivity contribution < 1.29 is 9.59 Å². The summed E-state index contributed by atoms with van der Waals surface area (Å²) in [6.45, 7) is 17.1. The lowest BCUT2D eigenvalue weighted by molar-refractivity contribution is -0.122. The Kier molecular flexibility index (Phi) is 20.8. The highest BCUT2D eigenvalue weighted by molar-refractivity contribution is 5.76. The average molecular weight is 550 g/mol. The van der Waals surface area contributed by atoms with Gasteiger partial charge in [0.05, 0.1) is 0 Å².